The fourth-order valence-electron chi connectivity index (χ4n) is 2.66. The summed E-state index contributed by atoms with van der Waals surface area (Å²) in [6.07, 6.45) is 0. The first kappa shape index (κ1) is 17.4. The van der Waals surface area contributed by atoms with Crippen molar-refractivity contribution >= 4 is 17.5 Å². The Morgan fingerprint density at radius 3 is 2.39 bits per heavy atom. The van der Waals surface area contributed by atoms with Gasteiger partial charge in [0.2, 0.25) is 5.91 Å². The van der Waals surface area contributed by atoms with Crippen molar-refractivity contribution in [3.63, 3.8) is 0 Å². The first-order chi connectivity index (χ1) is 11.0. The minimum absolute atomic E-state index is 0.0376. The number of nitrogens with zero attached hydrogens (tertiary/aromatic N) is 3. The number of benzene rings is 1. The van der Waals surface area contributed by atoms with Crippen LogP contribution in [0.1, 0.15) is 17.3 Å². The zero-order valence-electron chi connectivity index (χ0n) is 14.2. The highest BCUT2D eigenvalue weighted by atomic mass is 16.2. The number of carbonyl (C=O) groups is 2. The molecule has 1 aliphatic rings. The summed E-state index contributed by atoms with van der Waals surface area (Å²) in [6.45, 7) is 7.47. The molecule has 0 atom stereocenters. The van der Waals surface area contributed by atoms with Crippen LogP contribution in [0.15, 0.2) is 24.3 Å². The molecule has 0 saturated carbocycles. The minimum atomic E-state index is -0.0724. The molecule has 0 bridgehead atoms. The van der Waals surface area contributed by atoms with E-state index >= 15 is 0 Å². The molecule has 2 amide bonds. The van der Waals surface area contributed by atoms with Gasteiger partial charge in [-0.15, -0.1) is 0 Å². The first-order valence-electron chi connectivity index (χ1n) is 8.06. The highest BCUT2D eigenvalue weighted by Gasteiger charge is 2.18. The molecule has 6 heteroatoms. The summed E-state index contributed by atoms with van der Waals surface area (Å²) < 4.78 is 0. The molecule has 1 aromatic rings. The van der Waals surface area contributed by atoms with Crippen molar-refractivity contribution in [2.24, 2.45) is 0 Å². The lowest BCUT2D eigenvalue weighted by Gasteiger charge is -2.33. The Hall–Kier alpha value is -1.92. The number of nitrogens with one attached hydrogen (secondary N) is 1. The number of carbonyl (C=O) groups excluding carboxylic acids is 2. The highest BCUT2D eigenvalue weighted by Crippen LogP contribution is 2.12. The van der Waals surface area contributed by atoms with E-state index in [1.165, 1.54) is 4.90 Å². The zero-order valence-corrected chi connectivity index (χ0v) is 14.2. The molecule has 1 aliphatic heterocycles. The molecule has 1 N–H and O–H groups in total. The fraction of sp³-hybridized carbons (Fsp3) is 0.529. The van der Waals surface area contributed by atoms with Gasteiger partial charge in [0.25, 0.3) is 5.91 Å². The van der Waals surface area contributed by atoms with Crippen molar-refractivity contribution in [2.45, 2.75) is 6.92 Å². The van der Waals surface area contributed by atoms with E-state index in [2.05, 4.69) is 22.0 Å². The van der Waals surface area contributed by atoms with Gasteiger partial charge in [-0.1, -0.05) is 13.0 Å². The van der Waals surface area contributed by atoms with E-state index < -0.39 is 0 Å². The molecule has 0 unspecified atom stereocenters. The van der Waals surface area contributed by atoms with E-state index in [1.54, 1.807) is 38.4 Å². The summed E-state index contributed by atoms with van der Waals surface area (Å²) in [5, 5.41) is 2.88. The molecule has 0 radical (unpaired) electrons. The van der Waals surface area contributed by atoms with E-state index in [1.807, 2.05) is 0 Å². The molecule has 2 rings (SSSR count). The van der Waals surface area contributed by atoms with Gasteiger partial charge in [0.15, 0.2) is 0 Å². The predicted molar refractivity (Wildman–Crippen MR) is 91.6 cm³/mol. The van der Waals surface area contributed by atoms with Crippen LogP contribution < -0.4 is 5.32 Å². The Balaban J connectivity index is 1.88. The van der Waals surface area contributed by atoms with Crippen molar-refractivity contribution in [1.29, 1.82) is 0 Å². The van der Waals surface area contributed by atoms with Crippen molar-refractivity contribution < 1.29 is 9.59 Å². The Bertz CT molecular complexity index is 551. The van der Waals surface area contributed by atoms with Gasteiger partial charge in [-0.3, -0.25) is 14.5 Å². The predicted octanol–water partition coefficient (Wildman–Crippen LogP) is 0.964. The Labute approximate surface area is 138 Å². The van der Waals surface area contributed by atoms with Crippen LogP contribution in [0.3, 0.4) is 0 Å². The number of rotatable bonds is 5. The van der Waals surface area contributed by atoms with E-state index in [9.17, 15) is 9.59 Å². The zero-order chi connectivity index (χ0) is 16.8. The summed E-state index contributed by atoms with van der Waals surface area (Å²) in [6, 6.07) is 7.06. The molecule has 0 aliphatic carbocycles. The molecule has 1 heterocycles. The first-order valence-corrected chi connectivity index (χ1v) is 8.06. The van der Waals surface area contributed by atoms with Gasteiger partial charge in [-0.05, 0) is 24.7 Å². The molecule has 1 aromatic carbocycles. The van der Waals surface area contributed by atoms with Gasteiger partial charge >= 0.3 is 0 Å². The Morgan fingerprint density at radius 1 is 1.13 bits per heavy atom. The topological polar surface area (TPSA) is 55.9 Å². The molecular weight excluding hydrogens is 292 g/mol. The van der Waals surface area contributed by atoms with Gasteiger partial charge < -0.3 is 15.1 Å². The third-order valence-electron chi connectivity index (χ3n) is 4.08. The van der Waals surface area contributed by atoms with Gasteiger partial charge in [-0.2, -0.15) is 0 Å². The molecule has 6 nitrogen and oxygen atoms in total. The number of piperazine rings is 1. The van der Waals surface area contributed by atoms with Gasteiger partial charge in [0, 0.05) is 51.5 Å². The average Bonchev–Trinajstić information content (AvgIpc) is 2.55. The lowest BCUT2D eigenvalue weighted by molar-refractivity contribution is -0.117. The highest BCUT2D eigenvalue weighted by molar-refractivity contribution is 5.97. The van der Waals surface area contributed by atoms with Crippen molar-refractivity contribution in [3.8, 4) is 0 Å². The molecule has 1 fully saturated rings. The maximum atomic E-state index is 12.2. The van der Waals surface area contributed by atoms with Crippen LogP contribution in [0.25, 0.3) is 0 Å². The smallest absolute Gasteiger partial charge is 0.253 e. The van der Waals surface area contributed by atoms with E-state index in [4.69, 9.17) is 0 Å². The van der Waals surface area contributed by atoms with Crippen LogP contribution in [0.4, 0.5) is 5.69 Å². The largest absolute Gasteiger partial charge is 0.345 e. The van der Waals surface area contributed by atoms with Crippen LogP contribution in [-0.4, -0.2) is 79.9 Å². The Morgan fingerprint density at radius 2 is 1.78 bits per heavy atom. The second kappa shape index (κ2) is 8.08. The van der Waals surface area contributed by atoms with Crippen LogP contribution in [0, 0.1) is 0 Å². The molecule has 126 valence electrons. The second-order valence-electron chi connectivity index (χ2n) is 6.04. The average molecular weight is 318 g/mol. The summed E-state index contributed by atoms with van der Waals surface area (Å²) >= 11 is 0. The standard InChI is InChI=1S/C17H26N4O2/c1-4-20-8-10-21(11-9-20)13-16(22)18-15-7-5-6-14(12-15)17(23)19(2)3/h5-7,12H,4,8-11,13H2,1-3H3,(H,18,22). The number of likely N-dealkylation sites (N-methyl/N-ethyl adjacent to an activating group) is 1. The third-order valence-corrected chi connectivity index (χ3v) is 4.08. The summed E-state index contributed by atoms with van der Waals surface area (Å²) in [7, 11) is 3.42. The normalized spacial score (nSPS) is 16.1. The van der Waals surface area contributed by atoms with Crippen LogP contribution in [-0.2, 0) is 4.79 Å². The molecule has 0 aromatic heterocycles. The minimum Gasteiger partial charge on any atom is -0.345 e. The number of hydrogen-bond donors (Lipinski definition) is 1. The monoisotopic (exact) mass is 318 g/mol. The third kappa shape index (κ3) is 5.04. The maximum absolute atomic E-state index is 12.2. The van der Waals surface area contributed by atoms with Crippen molar-refractivity contribution in [1.82, 2.24) is 14.7 Å². The number of anilines is 1. The lowest BCUT2D eigenvalue weighted by atomic mass is 10.2. The molecular formula is C17H26N4O2. The van der Waals surface area contributed by atoms with E-state index in [0.717, 1.165) is 32.7 Å². The summed E-state index contributed by atoms with van der Waals surface area (Å²) in [5.41, 5.74) is 1.24. The van der Waals surface area contributed by atoms with Crippen LogP contribution in [0.5, 0.6) is 0 Å². The molecule has 0 spiro atoms. The van der Waals surface area contributed by atoms with Gasteiger partial charge in [0.05, 0.1) is 6.54 Å². The van der Waals surface area contributed by atoms with Crippen molar-refractivity contribution in [3.05, 3.63) is 29.8 Å². The van der Waals surface area contributed by atoms with E-state index in [0.29, 0.717) is 17.8 Å². The van der Waals surface area contributed by atoms with Crippen LogP contribution >= 0.6 is 0 Å². The maximum Gasteiger partial charge on any atom is 0.253 e. The van der Waals surface area contributed by atoms with Crippen molar-refractivity contribution in [2.75, 3.05) is 58.7 Å². The second-order valence-corrected chi connectivity index (χ2v) is 6.04. The SMILES string of the molecule is CCN1CCN(CC(=O)Nc2cccc(C(=O)N(C)C)c2)CC1. The lowest BCUT2D eigenvalue weighted by Crippen LogP contribution is -2.48. The Kier molecular flexibility index (Phi) is 6.12. The number of hydrogen-bond acceptors (Lipinski definition) is 4. The molecule has 1 saturated heterocycles. The van der Waals surface area contributed by atoms with Gasteiger partial charge in [0.1, 0.15) is 0 Å². The number of amides is 2. The molecule has 23 heavy (non-hydrogen) atoms. The summed E-state index contributed by atoms with van der Waals surface area (Å²) in [5.74, 6) is -0.110. The van der Waals surface area contributed by atoms with Crippen LogP contribution in [0.2, 0.25) is 0 Å². The van der Waals surface area contributed by atoms with E-state index in [-0.39, 0.29) is 11.8 Å². The van der Waals surface area contributed by atoms with Gasteiger partial charge in [-0.25, -0.2) is 0 Å². The summed E-state index contributed by atoms with van der Waals surface area (Å²) in [4.78, 5) is 30.2. The fourth-order valence-corrected chi connectivity index (χ4v) is 2.66. The quantitative estimate of drug-likeness (QED) is 0.879.